The molecule has 1 aliphatic rings. The Morgan fingerprint density at radius 2 is 1.95 bits per heavy atom. The van der Waals surface area contributed by atoms with Gasteiger partial charge in [-0.25, -0.2) is 4.79 Å². The van der Waals surface area contributed by atoms with Gasteiger partial charge < -0.3 is 15.1 Å². The Morgan fingerprint density at radius 3 is 2.68 bits per heavy atom. The van der Waals surface area contributed by atoms with Crippen molar-refractivity contribution >= 4 is 16.7 Å². The summed E-state index contributed by atoms with van der Waals surface area (Å²) in [6.07, 6.45) is 1.92. The molecule has 2 N–H and O–H groups in total. The van der Waals surface area contributed by atoms with Gasteiger partial charge in [0.25, 0.3) is 0 Å². The quantitative estimate of drug-likeness (QED) is 0.796. The number of benzene rings is 1. The van der Waals surface area contributed by atoms with Crippen molar-refractivity contribution in [1.82, 2.24) is 4.90 Å². The van der Waals surface area contributed by atoms with Gasteiger partial charge in [0.15, 0.2) is 0 Å². The monoisotopic (exact) mass is 258 g/mol. The van der Waals surface area contributed by atoms with Gasteiger partial charge in [-0.1, -0.05) is 12.1 Å². The molecule has 0 aliphatic carbocycles. The Morgan fingerprint density at radius 1 is 1.26 bits per heavy atom. The van der Waals surface area contributed by atoms with Gasteiger partial charge >= 0.3 is 5.63 Å². The smallest absolute Gasteiger partial charge is 0.341 e. The van der Waals surface area contributed by atoms with E-state index in [4.69, 9.17) is 10.2 Å². The first kappa shape index (κ1) is 12.2. The van der Waals surface area contributed by atoms with Crippen LogP contribution in [0.4, 0.5) is 5.69 Å². The van der Waals surface area contributed by atoms with Crippen LogP contribution in [0.1, 0.15) is 24.3 Å². The third kappa shape index (κ3) is 2.12. The molecule has 19 heavy (non-hydrogen) atoms. The van der Waals surface area contributed by atoms with Crippen molar-refractivity contribution in [3.8, 4) is 0 Å². The van der Waals surface area contributed by atoms with Crippen LogP contribution in [0.3, 0.4) is 0 Å². The number of rotatable bonds is 1. The van der Waals surface area contributed by atoms with Crippen molar-refractivity contribution in [3.63, 3.8) is 0 Å². The van der Waals surface area contributed by atoms with Gasteiger partial charge in [-0.2, -0.15) is 0 Å². The zero-order valence-electron chi connectivity index (χ0n) is 11.1. The van der Waals surface area contributed by atoms with Gasteiger partial charge in [-0.15, -0.1) is 0 Å². The molecule has 3 rings (SSSR count). The summed E-state index contributed by atoms with van der Waals surface area (Å²) < 4.78 is 5.40. The van der Waals surface area contributed by atoms with E-state index in [0.29, 0.717) is 16.8 Å². The average molecular weight is 258 g/mol. The minimum absolute atomic E-state index is 0.219. The maximum atomic E-state index is 12.2. The summed E-state index contributed by atoms with van der Waals surface area (Å²) >= 11 is 0. The zero-order valence-corrected chi connectivity index (χ0v) is 11.1. The third-order valence-corrected chi connectivity index (χ3v) is 4.02. The van der Waals surface area contributed by atoms with E-state index in [1.54, 1.807) is 6.07 Å². The Balaban J connectivity index is 2.11. The number of nitrogens with two attached hydrogens (primary N) is 1. The van der Waals surface area contributed by atoms with Crippen LogP contribution in [0.25, 0.3) is 11.0 Å². The molecule has 0 saturated carbocycles. The molecule has 0 unspecified atom stereocenters. The summed E-state index contributed by atoms with van der Waals surface area (Å²) in [6, 6.07) is 7.45. The number of anilines is 1. The Kier molecular flexibility index (Phi) is 3.03. The highest BCUT2D eigenvalue weighted by molar-refractivity contribution is 5.90. The van der Waals surface area contributed by atoms with E-state index in [9.17, 15) is 4.79 Å². The fourth-order valence-corrected chi connectivity index (χ4v) is 2.87. The molecule has 1 aliphatic heterocycles. The minimum Gasteiger partial charge on any atom is -0.422 e. The minimum atomic E-state index is -0.272. The molecule has 4 heteroatoms. The first-order valence-corrected chi connectivity index (χ1v) is 6.66. The molecule has 2 aromatic rings. The van der Waals surface area contributed by atoms with Crippen LogP contribution in [0.2, 0.25) is 0 Å². The molecule has 1 saturated heterocycles. The van der Waals surface area contributed by atoms with Crippen LogP contribution >= 0.6 is 0 Å². The molecule has 1 fully saturated rings. The second-order valence-electron chi connectivity index (χ2n) is 5.29. The lowest BCUT2D eigenvalue weighted by Gasteiger charge is -2.29. The van der Waals surface area contributed by atoms with Crippen LogP contribution in [-0.2, 0) is 0 Å². The van der Waals surface area contributed by atoms with Crippen molar-refractivity contribution in [1.29, 1.82) is 0 Å². The molecule has 4 nitrogen and oxygen atoms in total. The van der Waals surface area contributed by atoms with Gasteiger partial charge in [-0.05, 0) is 51.0 Å². The highest BCUT2D eigenvalue weighted by Gasteiger charge is 2.24. The molecule has 0 bridgehead atoms. The number of nitrogen functional groups attached to an aromatic ring is 1. The second-order valence-corrected chi connectivity index (χ2v) is 5.29. The highest BCUT2D eigenvalue weighted by atomic mass is 16.4. The maximum absolute atomic E-state index is 12.2. The van der Waals surface area contributed by atoms with E-state index >= 15 is 0 Å². The predicted octanol–water partition coefficient (Wildman–Crippen LogP) is 2.18. The SMILES string of the molecule is CN1CCC(c2c(N)c3ccccc3oc2=O)CC1. The summed E-state index contributed by atoms with van der Waals surface area (Å²) in [7, 11) is 2.10. The molecular weight excluding hydrogens is 240 g/mol. The summed E-state index contributed by atoms with van der Waals surface area (Å²) in [6.45, 7) is 1.99. The van der Waals surface area contributed by atoms with E-state index in [1.807, 2.05) is 18.2 Å². The lowest BCUT2D eigenvalue weighted by molar-refractivity contribution is 0.253. The van der Waals surface area contributed by atoms with Crippen molar-refractivity contribution in [3.05, 3.63) is 40.2 Å². The highest BCUT2D eigenvalue weighted by Crippen LogP contribution is 2.32. The standard InChI is InChI=1S/C15H18N2O2/c1-17-8-6-10(7-9-17)13-14(16)11-4-2-3-5-12(11)19-15(13)18/h2-5,10H,6-9,16H2,1H3. The molecule has 0 amide bonds. The third-order valence-electron chi connectivity index (χ3n) is 4.02. The van der Waals surface area contributed by atoms with Gasteiger partial charge in [0.2, 0.25) is 0 Å². The Labute approximate surface area is 111 Å². The fraction of sp³-hybridized carbons (Fsp3) is 0.400. The van der Waals surface area contributed by atoms with E-state index in [1.165, 1.54) is 0 Å². The lowest BCUT2D eigenvalue weighted by Crippen LogP contribution is -2.31. The predicted molar refractivity (Wildman–Crippen MR) is 76.4 cm³/mol. The van der Waals surface area contributed by atoms with E-state index < -0.39 is 0 Å². The average Bonchev–Trinajstić information content (AvgIpc) is 2.41. The lowest BCUT2D eigenvalue weighted by atomic mass is 9.89. The van der Waals surface area contributed by atoms with Crippen LogP contribution in [0.5, 0.6) is 0 Å². The first-order valence-electron chi connectivity index (χ1n) is 6.66. The first-order chi connectivity index (χ1) is 9.16. The largest absolute Gasteiger partial charge is 0.422 e. The normalized spacial score (nSPS) is 17.9. The summed E-state index contributed by atoms with van der Waals surface area (Å²) in [4.78, 5) is 14.4. The number of hydrogen-bond donors (Lipinski definition) is 1. The van der Waals surface area contributed by atoms with Gasteiger partial charge in [0, 0.05) is 5.39 Å². The molecule has 0 spiro atoms. The van der Waals surface area contributed by atoms with Crippen LogP contribution in [0.15, 0.2) is 33.5 Å². The number of nitrogens with zero attached hydrogens (tertiary/aromatic N) is 1. The van der Waals surface area contributed by atoms with Crippen molar-refractivity contribution < 1.29 is 4.42 Å². The van der Waals surface area contributed by atoms with Gasteiger partial charge in [-0.3, -0.25) is 0 Å². The number of fused-ring (bicyclic) bond motifs is 1. The maximum Gasteiger partial charge on any atom is 0.341 e. The summed E-state index contributed by atoms with van der Waals surface area (Å²) in [5, 5.41) is 0.844. The number of piperidine rings is 1. The molecule has 1 aromatic carbocycles. The van der Waals surface area contributed by atoms with E-state index in [2.05, 4.69) is 11.9 Å². The van der Waals surface area contributed by atoms with Crippen LogP contribution < -0.4 is 11.4 Å². The fourth-order valence-electron chi connectivity index (χ4n) is 2.87. The van der Waals surface area contributed by atoms with Crippen molar-refractivity contribution in [2.45, 2.75) is 18.8 Å². The van der Waals surface area contributed by atoms with Gasteiger partial charge in [0.1, 0.15) is 5.58 Å². The molecular formula is C15H18N2O2. The van der Waals surface area contributed by atoms with Crippen LogP contribution in [-0.4, -0.2) is 25.0 Å². The topological polar surface area (TPSA) is 59.5 Å². The number of likely N-dealkylation sites (tertiary alicyclic amines) is 1. The van der Waals surface area contributed by atoms with Crippen molar-refractivity contribution in [2.24, 2.45) is 0 Å². The number of para-hydroxylation sites is 1. The molecule has 0 atom stereocenters. The molecule has 100 valence electrons. The van der Waals surface area contributed by atoms with Crippen LogP contribution in [0, 0.1) is 0 Å². The van der Waals surface area contributed by atoms with E-state index in [0.717, 1.165) is 31.3 Å². The second kappa shape index (κ2) is 4.70. The summed E-state index contributed by atoms with van der Waals surface area (Å²) in [5.74, 6) is 0.219. The molecule has 2 heterocycles. The Bertz CT molecular complexity index is 655. The zero-order chi connectivity index (χ0) is 13.4. The van der Waals surface area contributed by atoms with Crippen molar-refractivity contribution in [2.75, 3.05) is 25.9 Å². The number of hydrogen-bond acceptors (Lipinski definition) is 4. The summed E-state index contributed by atoms with van der Waals surface area (Å²) in [5.41, 5.74) is 7.78. The van der Waals surface area contributed by atoms with E-state index in [-0.39, 0.29) is 11.5 Å². The molecule has 0 radical (unpaired) electrons. The van der Waals surface area contributed by atoms with Gasteiger partial charge in [0.05, 0.1) is 11.3 Å². The Hall–Kier alpha value is -1.81. The molecule has 1 aromatic heterocycles.